The molecule has 0 saturated carbocycles. The molecule has 0 aliphatic carbocycles. The van der Waals surface area contributed by atoms with Gasteiger partial charge in [-0.25, -0.2) is 4.98 Å². The zero-order chi connectivity index (χ0) is 17.1. The third kappa shape index (κ3) is 3.62. The molecule has 1 aromatic heterocycles. The average Bonchev–Trinajstić information content (AvgIpc) is 3.05. The van der Waals surface area contributed by atoms with Crippen LogP contribution in [0.25, 0.3) is 0 Å². The summed E-state index contributed by atoms with van der Waals surface area (Å²) in [5.41, 5.74) is 1.55. The number of aryl methyl sites for hydroxylation is 1. The number of likely N-dealkylation sites (tertiary alicyclic amines) is 1. The first-order valence-electron chi connectivity index (χ1n) is 7.79. The molecule has 0 radical (unpaired) electrons. The molecular weight excluding hydrogens is 328 g/mol. The second kappa shape index (κ2) is 7.09. The maximum atomic E-state index is 12.7. The van der Waals surface area contributed by atoms with Crippen molar-refractivity contribution in [2.45, 2.75) is 19.4 Å². The van der Waals surface area contributed by atoms with Gasteiger partial charge in [0.15, 0.2) is 0 Å². The molecular formula is C18H19ClN2O3. The highest BCUT2D eigenvalue weighted by molar-refractivity contribution is 6.31. The van der Waals surface area contributed by atoms with Gasteiger partial charge in [-0.2, -0.15) is 0 Å². The highest BCUT2D eigenvalue weighted by Crippen LogP contribution is 2.26. The first-order valence-corrected chi connectivity index (χ1v) is 8.17. The number of hydrogen-bond donors (Lipinski definition) is 0. The molecule has 1 saturated heterocycles. The highest BCUT2D eigenvalue weighted by atomic mass is 35.5. The number of halogens is 1. The summed E-state index contributed by atoms with van der Waals surface area (Å²) in [5, 5.41) is 0.509. The van der Waals surface area contributed by atoms with E-state index in [0.29, 0.717) is 35.3 Å². The van der Waals surface area contributed by atoms with E-state index in [-0.39, 0.29) is 12.0 Å². The molecule has 6 heteroatoms. The zero-order valence-electron chi connectivity index (χ0n) is 13.7. The molecule has 0 bridgehead atoms. The minimum atomic E-state index is -0.0997. The maximum Gasteiger partial charge on any atom is 0.257 e. The molecule has 1 fully saturated rings. The molecule has 1 aliphatic heterocycles. The summed E-state index contributed by atoms with van der Waals surface area (Å²) in [6.45, 7) is 3.13. The summed E-state index contributed by atoms with van der Waals surface area (Å²) in [4.78, 5) is 18.7. The highest BCUT2D eigenvalue weighted by Gasteiger charge is 2.30. The number of carbonyl (C=O) groups is 1. The monoisotopic (exact) mass is 346 g/mol. The van der Waals surface area contributed by atoms with Crippen molar-refractivity contribution in [2.75, 3.05) is 20.2 Å². The van der Waals surface area contributed by atoms with Crippen molar-refractivity contribution in [3.8, 4) is 11.6 Å². The van der Waals surface area contributed by atoms with Gasteiger partial charge >= 0.3 is 0 Å². The molecule has 3 rings (SSSR count). The first-order chi connectivity index (χ1) is 11.6. The molecule has 1 aromatic carbocycles. The van der Waals surface area contributed by atoms with Crippen molar-refractivity contribution in [1.29, 1.82) is 0 Å². The Bertz CT molecular complexity index is 734. The Balaban J connectivity index is 1.68. The Labute approximate surface area is 146 Å². The third-order valence-corrected chi connectivity index (χ3v) is 4.23. The Kier molecular flexibility index (Phi) is 4.90. The molecule has 0 spiro atoms. The first kappa shape index (κ1) is 16.6. The van der Waals surface area contributed by atoms with Crippen molar-refractivity contribution in [2.24, 2.45) is 0 Å². The molecule has 1 amide bonds. The fourth-order valence-electron chi connectivity index (χ4n) is 2.72. The van der Waals surface area contributed by atoms with Crippen LogP contribution in [0.2, 0.25) is 5.02 Å². The SMILES string of the molecule is COc1ccc(Cl)cc1C(=O)N1CCC(Oc2ccc(C)cn2)C1. The lowest BCUT2D eigenvalue weighted by atomic mass is 10.1. The molecule has 126 valence electrons. The van der Waals surface area contributed by atoms with E-state index in [1.165, 1.54) is 0 Å². The molecule has 2 aromatic rings. The van der Waals surface area contributed by atoms with Crippen molar-refractivity contribution in [3.05, 3.63) is 52.7 Å². The van der Waals surface area contributed by atoms with Crippen LogP contribution >= 0.6 is 11.6 Å². The van der Waals surface area contributed by atoms with Crippen molar-refractivity contribution in [3.63, 3.8) is 0 Å². The molecule has 1 aliphatic rings. The predicted molar refractivity (Wildman–Crippen MR) is 91.9 cm³/mol. The number of aromatic nitrogens is 1. The number of hydrogen-bond acceptors (Lipinski definition) is 4. The fourth-order valence-corrected chi connectivity index (χ4v) is 2.89. The van der Waals surface area contributed by atoms with Gasteiger partial charge < -0.3 is 14.4 Å². The zero-order valence-corrected chi connectivity index (χ0v) is 14.4. The Morgan fingerprint density at radius 2 is 2.17 bits per heavy atom. The fraction of sp³-hybridized carbons (Fsp3) is 0.333. The quantitative estimate of drug-likeness (QED) is 0.852. The summed E-state index contributed by atoms with van der Waals surface area (Å²) < 4.78 is 11.1. The number of benzene rings is 1. The lowest BCUT2D eigenvalue weighted by Gasteiger charge is -2.18. The van der Waals surface area contributed by atoms with Gasteiger partial charge in [-0.15, -0.1) is 0 Å². The van der Waals surface area contributed by atoms with Crippen LogP contribution in [0.3, 0.4) is 0 Å². The van der Waals surface area contributed by atoms with Gasteiger partial charge in [0.05, 0.1) is 19.2 Å². The van der Waals surface area contributed by atoms with E-state index in [1.54, 1.807) is 36.4 Å². The predicted octanol–water partition coefficient (Wildman–Crippen LogP) is 3.35. The van der Waals surface area contributed by atoms with Gasteiger partial charge in [0, 0.05) is 30.3 Å². The van der Waals surface area contributed by atoms with E-state index >= 15 is 0 Å². The van der Waals surface area contributed by atoms with E-state index in [2.05, 4.69) is 4.98 Å². The normalized spacial score (nSPS) is 17.0. The van der Waals surface area contributed by atoms with E-state index in [0.717, 1.165) is 12.0 Å². The van der Waals surface area contributed by atoms with Gasteiger partial charge in [-0.1, -0.05) is 17.7 Å². The number of pyridine rings is 1. The van der Waals surface area contributed by atoms with E-state index in [1.807, 2.05) is 19.1 Å². The Morgan fingerprint density at radius 3 is 2.88 bits per heavy atom. The standard InChI is InChI=1S/C18H19ClN2O3/c1-12-3-6-17(20-10-12)24-14-7-8-21(11-14)18(22)15-9-13(19)4-5-16(15)23-2/h3-6,9-10,14H,7-8,11H2,1-2H3. The lowest BCUT2D eigenvalue weighted by molar-refractivity contribution is 0.0768. The summed E-state index contributed by atoms with van der Waals surface area (Å²) >= 11 is 6.01. The topological polar surface area (TPSA) is 51.7 Å². The molecule has 1 unspecified atom stereocenters. The van der Waals surface area contributed by atoms with E-state index in [4.69, 9.17) is 21.1 Å². The van der Waals surface area contributed by atoms with Gasteiger partial charge in [0.25, 0.3) is 5.91 Å². The molecule has 5 nitrogen and oxygen atoms in total. The number of amides is 1. The second-order valence-corrected chi connectivity index (χ2v) is 6.23. The Morgan fingerprint density at radius 1 is 1.33 bits per heavy atom. The largest absolute Gasteiger partial charge is 0.496 e. The minimum Gasteiger partial charge on any atom is -0.496 e. The summed E-state index contributed by atoms with van der Waals surface area (Å²) in [7, 11) is 1.54. The van der Waals surface area contributed by atoms with Crippen molar-refractivity contribution >= 4 is 17.5 Å². The van der Waals surface area contributed by atoms with Gasteiger partial charge in [-0.3, -0.25) is 4.79 Å². The van der Waals surface area contributed by atoms with Gasteiger partial charge in [-0.05, 0) is 30.7 Å². The summed E-state index contributed by atoms with van der Waals surface area (Å²) in [6, 6.07) is 8.85. The van der Waals surface area contributed by atoms with Crippen LogP contribution in [0.15, 0.2) is 36.5 Å². The maximum absolute atomic E-state index is 12.7. The molecule has 1 atom stereocenters. The Hall–Kier alpha value is -2.27. The molecule has 24 heavy (non-hydrogen) atoms. The number of ether oxygens (including phenoxy) is 2. The van der Waals surface area contributed by atoms with Crippen LogP contribution in [0, 0.1) is 6.92 Å². The summed E-state index contributed by atoms with van der Waals surface area (Å²) in [5.74, 6) is 1.01. The van der Waals surface area contributed by atoms with Gasteiger partial charge in [0.1, 0.15) is 11.9 Å². The van der Waals surface area contributed by atoms with Crippen LogP contribution in [-0.4, -0.2) is 42.1 Å². The van der Waals surface area contributed by atoms with E-state index in [9.17, 15) is 4.79 Å². The second-order valence-electron chi connectivity index (χ2n) is 5.80. The molecule has 0 N–H and O–H groups in total. The van der Waals surface area contributed by atoms with Crippen LogP contribution in [0.4, 0.5) is 0 Å². The molecule has 2 heterocycles. The number of nitrogens with zero attached hydrogens (tertiary/aromatic N) is 2. The van der Waals surface area contributed by atoms with Crippen molar-refractivity contribution < 1.29 is 14.3 Å². The number of methoxy groups -OCH3 is 1. The van der Waals surface area contributed by atoms with E-state index < -0.39 is 0 Å². The minimum absolute atomic E-state index is 0.0608. The summed E-state index contributed by atoms with van der Waals surface area (Å²) in [6.07, 6.45) is 2.48. The van der Waals surface area contributed by atoms with Crippen LogP contribution < -0.4 is 9.47 Å². The van der Waals surface area contributed by atoms with Crippen LogP contribution in [0.5, 0.6) is 11.6 Å². The number of carbonyl (C=O) groups excluding carboxylic acids is 1. The van der Waals surface area contributed by atoms with Crippen LogP contribution in [0.1, 0.15) is 22.3 Å². The lowest BCUT2D eigenvalue weighted by Crippen LogP contribution is -2.31. The van der Waals surface area contributed by atoms with Crippen LogP contribution in [-0.2, 0) is 0 Å². The third-order valence-electron chi connectivity index (χ3n) is 4.00. The number of rotatable bonds is 4. The van der Waals surface area contributed by atoms with Crippen molar-refractivity contribution in [1.82, 2.24) is 9.88 Å². The average molecular weight is 347 g/mol. The smallest absolute Gasteiger partial charge is 0.257 e. The van der Waals surface area contributed by atoms with Gasteiger partial charge in [0.2, 0.25) is 5.88 Å².